The van der Waals surface area contributed by atoms with Crippen LogP contribution in [0.15, 0.2) is 24.3 Å². The van der Waals surface area contributed by atoms with Crippen LogP contribution in [0.25, 0.3) is 0 Å². The number of nitrogens with zero attached hydrogens (tertiary/aromatic N) is 2. The first kappa shape index (κ1) is 13.0. The van der Waals surface area contributed by atoms with Crippen molar-refractivity contribution in [2.24, 2.45) is 0 Å². The summed E-state index contributed by atoms with van der Waals surface area (Å²) in [6.45, 7) is 5.86. The molecule has 0 radical (unpaired) electrons. The first-order valence-corrected chi connectivity index (χ1v) is 6.71. The van der Waals surface area contributed by atoms with Gasteiger partial charge in [-0.1, -0.05) is 17.7 Å². The van der Waals surface area contributed by atoms with Crippen LogP contribution in [-0.2, 0) is 0 Å². The third-order valence-electron chi connectivity index (χ3n) is 3.20. The SMILES string of the molecule is CC(=N)N(C(=S)N1CCCC1)c1ccc(C)cc1. The van der Waals surface area contributed by atoms with Gasteiger partial charge in [-0.05, 0) is 51.0 Å². The number of amidine groups is 1. The van der Waals surface area contributed by atoms with Crippen molar-refractivity contribution in [2.75, 3.05) is 18.0 Å². The molecule has 1 aromatic rings. The highest BCUT2D eigenvalue weighted by Gasteiger charge is 2.22. The minimum atomic E-state index is 0.468. The Morgan fingerprint density at radius 2 is 1.78 bits per heavy atom. The van der Waals surface area contributed by atoms with E-state index in [1.807, 2.05) is 17.0 Å². The Morgan fingerprint density at radius 3 is 2.28 bits per heavy atom. The average molecular weight is 261 g/mol. The number of thiocarbonyl (C=S) groups is 1. The minimum absolute atomic E-state index is 0.468. The minimum Gasteiger partial charge on any atom is -0.349 e. The second kappa shape index (κ2) is 5.48. The normalized spacial score (nSPS) is 14.7. The van der Waals surface area contributed by atoms with Crippen molar-refractivity contribution >= 4 is 28.9 Å². The van der Waals surface area contributed by atoms with Crippen molar-refractivity contribution in [3.63, 3.8) is 0 Å². The predicted octanol–water partition coefficient (Wildman–Crippen LogP) is 3.18. The Morgan fingerprint density at radius 1 is 1.22 bits per heavy atom. The van der Waals surface area contributed by atoms with Crippen molar-refractivity contribution in [2.45, 2.75) is 26.7 Å². The second-order valence-electron chi connectivity index (χ2n) is 4.73. The number of likely N-dealkylation sites (tertiary alicyclic amines) is 1. The summed E-state index contributed by atoms with van der Waals surface area (Å²) in [6.07, 6.45) is 2.39. The highest BCUT2D eigenvalue weighted by atomic mass is 32.1. The quantitative estimate of drug-likeness (QED) is 0.478. The molecule has 18 heavy (non-hydrogen) atoms. The fourth-order valence-electron chi connectivity index (χ4n) is 2.19. The summed E-state index contributed by atoms with van der Waals surface area (Å²) in [4.78, 5) is 4.04. The smallest absolute Gasteiger partial charge is 0.181 e. The summed E-state index contributed by atoms with van der Waals surface area (Å²) < 4.78 is 0. The number of anilines is 1. The summed E-state index contributed by atoms with van der Waals surface area (Å²) in [5.41, 5.74) is 2.19. The van der Waals surface area contributed by atoms with Gasteiger partial charge in [0.25, 0.3) is 0 Å². The fourth-order valence-corrected chi connectivity index (χ4v) is 2.62. The zero-order valence-corrected chi connectivity index (χ0v) is 11.8. The van der Waals surface area contributed by atoms with Crippen molar-refractivity contribution in [1.82, 2.24) is 4.90 Å². The molecule has 96 valence electrons. The fraction of sp³-hybridized carbons (Fsp3) is 0.429. The lowest BCUT2D eigenvalue weighted by molar-refractivity contribution is 0.523. The molecule has 0 aromatic heterocycles. The van der Waals surface area contributed by atoms with Gasteiger partial charge in [0.15, 0.2) is 5.11 Å². The summed E-state index contributed by atoms with van der Waals surface area (Å²) in [6, 6.07) is 8.15. The topological polar surface area (TPSA) is 30.3 Å². The van der Waals surface area contributed by atoms with Crippen LogP contribution < -0.4 is 4.90 Å². The Hall–Kier alpha value is -1.42. The number of benzene rings is 1. The van der Waals surface area contributed by atoms with Gasteiger partial charge in [0, 0.05) is 18.8 Å². The van der Waals surface area contributed by atoms with E-state index < -0.39 is 0 Å². The Bertz CT molecular complexity index is 447. The molecule has 0 bridgehead atoms. The van der Waals surface area contributed by atoms with Gasteiger partial charge in [0.1, 0.15) is 5.84 Å². The molecule has 0 amide bonds. The number of aryl methyl sites for hydroxylation is 1. The van der Waals surface area contributed by atoms with Gasteiger partial charge in [0.2, 0.25) is 0 Å². The Kier molecular flexibility index (Phi) is 3.97. The van der Waals surface area contributed by atoms with Crippen molar-refractivity contribution in [3.05, 3.63) is 29.8 Å². The molecule has 0 atom stereocenters. The molecular weight excluding hydrogens is 242 g/mol. The molecule has 1 saturated heterocycles. The zero-order chi connectivity index (χ0) is 13.1. The molecule has 4 heteroatoms. The number of hydrogen-bond donors (Lipinski definition) is 1. The average Bonchev–Trinajstić information content (AvgIpc) is 2.85. The van der Waals surface area contributed by atoms with Crippen LogP contribution in [0, 0.1) is 12.3 Å². The predicted molar refractivity (Wildman–Crippen MR) is 80.5 cm³/mol. The van der Waals surface area contributed by atoms with Gasteiger partial charge in [-0.15, -0.1) is 0 Å². The van der Waals surface area contributed by atoms with Gasteiger partial charge in [-0.25, -0.2) is 0 Å². The van der Waals surface area contributed by atoms with Crippen LogP contribution in [0.1, 0.15) is 25.3 Å². The highest BCUT2D eigenvalue weighted by Crippen LogP contribution is 2.20. The molecule has 1 N–H and O–H groups in total. The maximum absolute atomic E-state index is 7.95. The molecule has 1 heterocycles. The molecule has 0 spiro atoms. The van der Waals surface area contributed by atoms with Crippen molar-refractivity contribution < 1.29 is 0 Å². The highest BCUT2D eigenvalue weighted by molar-refractivity contribution is 7.80. The lowest BCUT2D eigenvalue weighted by Gasteiger charge is -2.30. The lowest BCUT2D eigenvalue weighted by atomic mass is 10.2. The molecule has 2 rings (SSSR count). The molecule has 1 aliphatic heterocycles. The third-order valence-corrected chi connectivity index (χ3v) is 3.64. The van der Waals surface area contributed by atoms with Crippen molar-refractivity contribution in [1.29, 1.82) is 5.41 Å². The second-order valence-corrected chi connectivity index (χ2v) is 5.10. The van der Waals surface area contributed by atoms with E-state index in [0.717, 1.165) is 23.9 Å². The van der Waals surface area contributed by atoms with Gasteiger partial charge in [0.05, 0.1) is 0 Å². The van der Waals surface area contributed by atoms with Crippen LogP contribution in [0.4, 0.5) is 5.69 Å². The van der Waals surface area contributed by atoms with Gasteiger partial charge >= 0.3 is 0 Å². The lowest BCUT2D eigenvalue weighted by Crippen LogP contribution is -2.44. The molecule has 1 fully saturated rings. The third kappa shape index (κ3) is 2.70. The Balaban J connectivity index is 2.25. The molecule has 3 nitrogen and oxygen atoms in total. The zero-order valence-electron chi connectivity index (χ0n) is 10.9. The number of hydrogen-bond acceptors (Lipinski definition) is 2. The summed E-state index contributed by atoms with van der Waals surface area (Å²) in [5.74, 6) is 0.468. The van der Waals surface area contributed by atoms with Crippen LogP contribution in [0.2, 0.25) is 0 Å². The maximum Gasteiger partial charge on any atom is 0.181 e. The molecule has 0 unspecified atom stereocenters. The number of nitrogens with one attached hydrogen (secondary N) is 1. The number of rotatable bonds is 1. The van der Waals surface area contributed by atoms with E-state index in [9.17, 15) is 0 Å². The standard InChI is InChI=1S/C14H19N3S/c1-11-5-7-13(8-6-11)17(12(2)15)14(18)16-9-3-4-10-16/h5-8,15H,3-4,9-10H2,1-2H3. The first-order chi connectivity index (χ1) is 8.59. The van der Waals surface area contributed by atoms with E-state index in [1.165, 1.54) is 18.4 Å². The van der Waals surface area contributed by atoms with Crippen molar-refractivity contribution in [3.8, 4) is 0 Å². The van der Waals surface area contributed by atoms with E-state index in [4.69, 9.17) is 17.6 Å². The molecule has 1 aromatic carbocycles. The molecular formula is C14H19N3S. The molecule has 1 aliphatic rings. The first-order valence-electron chi connectivity index (χ1n) is 6.30. The van der Waals surface area contributed by atoms with Crippen LogP contribution in [0.3, 0.4) is 0 Å². The summed E-state index contributed by atoms with van der Waals surface area (Å²) in [7, 11) is 0. The van der Waals surface area contributed by atoms with E-state index in [-0.39, 0.29) is 0 Å². The maximum atomic E-state index is 7.95. The molecule has 0 saturated carbocycles. The van der Waals surface area contributed by atoms with E-state index in [2.05, 4.69) is 24.0 Å². The molecule has 0 aliphatic carbocycles. The van der Waals surface area contributed by atoms with Crippen LogP contribution in [-0.4, -0.2) is 28.9 Å². The van der Waals surface area contributed by atoms with Crippen LogP contribution >= 0.6 is 12.2 Å². The van der Waals surface area contributed by atoms with Gasteiger partial charge < -0.3 is 4.90 Å². The van der Waals surface area contributed by atoms with Gasteiger partial charge in [-0.3, -0.25) is 10.3 Å². The summed E-state index contributed by atoms with van der Waals surface area (Å²) >= 11 is 5.54. The van der Waals surface area contributed by atoms with E-state index >= 15 is 0 Å². The summed E-state index contributed by atoms with van der Waals surface area (Å²) in [5, 5.41) is 8.70. The van der Waals surface area contributed by atoms with Gasteiger partial charge in [-0.2, -0.15) is 0 Å². The monoisotopic (exact) mass is 261 g/mol. The van der Waals surface area contributed by atoms with Crippen LogP contribution in [0.5, 0.6) is 0 Å². The largest absolute Gasteiger partial charge is 0.349 e. The van der Waals surface area contributed by atoms with E-state index in [0.29, 0.717) is 5.84 Å². The Labute approximate surface area is 114 Å². The van der Waals surface area contributed by atoms with E-state index in [1.54, 1.807) is 6.92 Å².